The van der Waals surface area contributed by atoms with Gasteiger partial charge in [-0.15, -0.1) is 0 Å². The van der Waals surface area contributed by atoms with Gasteiger partial charge in [0.15, 0.2) is 0 Å². The smallest absolute Gasteiger partial charge is 0.138 e. The molecule has 5 heteroatoms. The van der Waals surface area contributed by atoms with Crippen LogP contribution in [0.5, 0.6) is 5.75 Å². The van der Waals surface area contributed by atoms with Crippen molar-refractivity contribution in [2.45, 2.75) is 26.4 Å². The Morgan fingerprint density at radius 2 is 2.15 bits per heavy atom. The molecule has 0 aliphatic carbocycles. The number of furan rings is 1. The van der Waals surface area contributed by atoms with Gasteiger partial charge in [0.05, 0.1) is 23.4 Å². The Morgan fingerprint density at radius 3 is 2.80 bits per heavy atom. The van der Waals surface area contributed by atoms with Crippen molar-refractivity contribution in [3.63, 3.8) is 0 Å². The zero-order valence-electron chi connectivity index (χ0n) is 11.5. The van der Waals surface area contributed by atoms with Gasteiger partial charge >= 0.3 is 0 Å². The molecule has 0 unspecified atom stereocenters. The molecule has 1 aromatic heterocycles. The molecule has 2 aromatic rings. The van der Waals surface area contributed by atoms with Crippen LogP contribution in [-0.4, -0.2) is 6.61 Å². The number of nitrogens with one attached hydrogen (secondary N) is 1. The topological polar surface area (TPSA) is 34.4 Å². The minimum absolute atomic E-state index is 0.150. The summed E-state index contributed by atoms with van der Waals surface area (Å²) in [5.74, 6) is 1.81. The summed E-state index contributed by atoms with van der Waals surface area (Å²) in [6.45, 7) is 5.40. The van der Waals surface area contributed by atoms with Crippen molar-refractivity contribution in [2.75, 3.05) is 6.61 Å². The maximum atomic E-state index is 5.71. The third-order valence-corrected chi connectivity index (χ3v) is 3.99. The highest BCUT2D eigenvalue weighted by molar-refractivity contribution is 9.11. The molecule has 108 valence electrons. The van der Waals surface area contributed by atoms with E-state index in [0.717, 1.165) is 26.0 Å². The van der Waals surface area contributed by atoms with Gasteiger partial charge in [-0.1, -0.05) is 15.9 Å². The summed E-state index contributed by atoms with van der Waals surface area (Å²) in [6, 6.07) is 8.08. The molecule has 0 aliphatic rings. The Hall–Kier alpha value is -0.780. The van der Waals surface area contributed by atoms with Crippen molar-refractivity contribution in [1.29, 1.82) is 0 Å². The van der Waals surface area contributed by atoms with Crippen LogP contribution < -0.4 is 10.1 Å². The molecule has 0 saturated carbocycles. The van der Waals surface area contributed by atoms with Crippen molar-refractivity contribution in [1.82, 2.24) is 5.32 Å². The lowest BCUT2D eigenvalue weighted by Crippen LogP contribution is -2.18. The molecular formula is C15H17Br2NO2. The van der Waals surface area contributed by atoms with Gasteiger partial charge in [0.25, 0.3) is 0 Å². The maximum absolute atomic E-state index is 5.71. The number of hydrogen-bond acceptors (Lipinski definition) is 3. The lowest BCUT2D eigenvalue weighted by atomic mass is 10.1. The summed E-state index contributed by atoms with van der Waals surface area (Å²) >= 11 is 7.06. The molecule has 1 N–H and O–H groups in total. The fourth-order valence-electron chi connectivity index (χ4n) is 1.95. The molecule has 0 radical (unpaired) electrons. The summed E-state index contributed by atoms with van der Waals surface area (Å²) in [4.78, 5) is 0. The molecule has 0 aliphatic heterocycles. The molecule has 0 saturated heterocycles. The van der Waals surface area contributed by atoms with Crippen LogP contribution in [0.1, 0.15) is 31.2 Å². The van der Waals surface area contributed by atoms with Crippen LogP contribution in [0.3, 0.4) is 0 Å². The van der Waals surface area contributed by atoms with Crippen LogP contribution in [0.15, 0.2) is 43.9 Å². The first-order valence-electron chi connectivity index (χ1n) is 6.49. The molecule has 20 heavy (non-hydrogen) atoms. The Kier molecular flexibility index (Phi) is 5.69. The summed E-state index contributed by atoms with van der Waals surface area (Å²) in [5.41, 5.74) is 1.10. The van der Waals surface area contributed by atoms with Gasteiger partial charge in [-0.05, 0) is 54.0 Å². The highest BCUT2D eigenvalue weighted by Gasteiger charge is 2.12. The molecule has 1 heterocycles. The van der Waals surface area contributed by atoms with Gasteiger partial charge in [-0.2, -0.15) is 0 Å². The second-order valence-electron chi connectivity index (χ2n) is 4.43. The van der Waals surface area contributed by atoms with E-state index in [9.17, 15) is 0 Å². The van der Waals surface area contributed by atoms with Crippen LogP contribution in [-0.2, 0) is 6.54 Å². The first-order chi connectivity index (χ1) is 9.61. The van der Waals surface area contributed by atoms with Crippen molar-refractivity contribution in [3.05, 3.63) is 50.8 Å². The van der Waals surface area contributed by atoms with Crippen LogP contribution in [0.25, 0.3) is 0 Å². The van der Waals surface area contributed by atoms with Crippen molar-refractivity contribution in [2.24, 2.45) is 0 Å². The number of ether oxygens (including phenoxy) is 1. The number of benzene rings is 1. The Balaban J connectivity index is 2.12. The van der Waals surface area contributed by atoms with E-state index in [4.69, 9.17) is 9.15 Å². The lowest BCUT2D eigenvalue weighted by Gasteiger charge is -2.16. The summed E-state index contributed by atoms with van der Waals surface area (Å²) in [7, 11) is 0. The molecule has 0 amide bonds. The van der Waals surface area contributed by atoms with E-state index in [-0.39, 0.29) is 6.04 Å². The van der Waals surface area contributed by atoms with Crippen LogP contribution in [0, 0.1) is 0 Å². The van der Waals surface area contributed by atoms with Crippen LogP contribution in [0.4, 0.5) is 0 Å². The molecular weight excluding hydrogens is 386 g/mol. The van der Waals surface area contributed by atoms with Crippen molar-refractivity contribution in [3.8, 4) is 5.75 Å². The third-order valence-electron chi connectivity index (χ3n) is 2.94. The standard InChI is InChI=1S/C15H17Br2NO2/c1-3-19-15-11(7-12(16)8-13(15)17)9-18-10(2)14-5-4-6-20-14/h4-8,10,18H,3,9H2,1-2H3/t10-/m0/s1. The van der Waals surface area contributed by atoms with Crippen molar-refractivity contribution >= 4 is 31.9 Å². The Labute approximate surface area is 136 Å². The lowest BCUT2D eigenvalue weighted by molar-refractivity contribution is 0.331. The molecule has 0 spiro atoms. The van der Waals surface area contributed by atoms with E-state index in [1.54, 1.807) is 6.26 Å². The first-order valence-corrected chi connectivity index (χ1v) is 8.08. The van der Waals surface area contributed by atoms with Gasteiger partial charge in [0.1, 0.15) is 11.5 Å². The van der Waals surface area contributed by atoms with Crippen molar-refractivity contribution < 1.29 is 9.15 Å². The van der Waals surface area contributed by atoms with Gasteiger partial charge in [-0.25, -0.2) is 0 Å². The summed E-state index contributed by atoms with van der Waals surface area (Å²) in [6.07, 6.45) is 1.69. The number of rotatable bonds is 6. The van der Waals surface area contributed by atoms with E-state index in [1.165, 1.54) is 0 Å². The van der Waals surface area contributed by atoms with E-state index in [0.29, 0.717) is 13.2 Å². The van der Waals surface area contributed by atoms with Crippen LogP contribution >= 0.6 is 31.9 Å². The Morgan fingerprint density at radius 1 is 1.35 bits per heavy atom. The average molecular weight is 403 g/mol. The highest BCUT2D eigenvalue weighted by atomic mass is 79.9. The summed E-state index contributed by atoms with van der Waals surface area (Å²) < 4.78 is 13.1. The van der Waals surface area contributed by atoms with Crippen LogP contribution in [0.2, 0.25) is 0 Å². The molecule has 3 nitrogen and oxygen atoms in total. The Bertz CT molecular complexity index is 555. The monoisotopic (exact) mass is 401 g/mol. The third kappa shape index (κ3) is 3.87. The van der Waals surface area contributed by atoms with Gasteiger partial charge in [0, 0.05) is 16.6 Å². The largest absolute Gasteiger partial charge is 0.492 e. The van der Waals surface area contributed by atoms with E-state index >= 15 is 0 Å². The highest BCUT2D eigenvalue weighted by Crippen LogP contribution is 2.33. The fraction of sp³-hybridized carbons (Fsp3) is 0.333. The zero-order chi connectivity index (χ0) is 14.5. The maximum Gasteiger partial charge on any atom is 0.138 e. The SMILES string of the molecule is CCOc1c(Br)cc(Br)cc1CN[C@@H](C)c1ccco1. The summed E-state index contributed by atoms with van der Waals surface area (Å²) in [5, 5.41) is 3.44. The number of hydrogen-bond donors (Lipinski definition) is 1. The molecule has 1 aromatic carbocycles. The predicted molar refractivity (Wildman–Crippen MR) is 87.0 cm³/mol. The second kappa shape index (κ2) is 7.29. The van der Waals surface area contributed by atoms with E-state index in [2.05, 4.69) is 50.2 Å². The second-order valence-corrected chi connectivity index (χ2v) is 6.20. The first kappa shape index (κ1) is 15.6. The molecule has 2 rings (SSSR count). The van der Waals surface area contributed by atoms with Gasteiger partial charge in [0.2, 0.25) is 0 Å². The number of halogens is 2. The van der Waals surface area contributed by atoms with E-state index < -0.39 is 0 Å². The minimum Gasteiger partial charge on any atom is -0.492 e. The minimum atomic E-state index is 0.150. The molecule has 0 fully saturated rings. The van der Waals surface area contributed by atoms with Gasteiger partial charge < -0.3 is 14.5 Å². The normalized spacial score (nSPS) is 12.4. The zero-order valence-corrected chi connectivity index (χ0v) is 14.6. The molecule has 0 bridgehead atoms. The molecule has 1 atom stereocenters. The fourth-order valence-corrected chi connectivity index (χ4v) is 3.38. The predicted octanol–water partition coefficient (Wildman–Crippen LogP) is 5.05. The van der Waals surface area contributed by atoms with Gasteiger partial charge in [-0.3, -0.25) is 0 Å². The quantitative estimate of drug-likeness (QED) is 0.733. The average Bonchev–Trinajstić information content (AvgIpc) is 2.93. The van der Waals surface area contributed by atoms with E-state index in [1.807, 2.05) is 25.1 Å².